The lowest BCUT2D eigenvalue weighted by atomic mass is 10.1. The minimum atomic E-state index is 0.751. The Bertz CT molecular complexity index is 532. The maximum Gasteiger partial charge on any atom is 0.0672 e. The van der Waals surface area contributed by atoms with Crippen molar-refractivity contribution in [2.75, 3.05) is 0 Å². The van der Waals surface area contributed by atoms with Gasteiger partial charge in [-0.15, -0.1) is 0 Å². The molecule has 0 fully saturated rings. The third-order valence-electron chi connectivity index (χ3n) is 2.85. The molecule has 3 heteroatoms. The molecule has 0 spiro atoms. The van der Waals surface area contributed by atoms with Gasteiger partial charge in [-0.1, -0.05) is 65.3 Å². The SMILES string of the molecule is CC/C(=N\NCc1ccccc1)c1ccc(Br)cc1. The van der Waals surface area contributed by atoms with Gasteiger partial charge in [0.05, 0.1) is 12.3 Å². The normalized spacial score (nSPS) is 11.4. The Morgan fingerprint density at radius 1 is 1.05 bits per heavy atom. The molecular weight excluding hydrogens is 300 g/mol. The first-order valence-corrected chi connectivity index (χ1v) is 7.18. The lowest BCUT2D eigenvalue weighted by molar-refractivity contribution is 0.741. The third kappa shape index (κ3) is 4.21. The van der Waals surface area contributed by atoms with E-state index in [4.69, 9.17) is 0 Å². The molecule has 2 aromatic rings. The van der Waals surface area contributed by atoms with Crippen molar-refractivity contribution in [3.63, 3.8) is 0 Å². The number of hydrazone groups is 1. The predicted octanol–water partition coefficient (Wildman–Crippen LogP) is 4.35. The fraction of sp³-hybridized carbons (Fsp3) is 0.188. The molecule has 0 radical (unpaired) electrons. The summed E-state index contributed by atoms with van der Waals surface area (Å²) in [5.41, 5.74) is 6.61. The summed E-state index contributed by atoms with van der Waals surface area (Å²) < 4.78 is 1.09. The molecule has 0 saturated heterocycles. The Labute approximate surface area is 122 Å². The fourth-order valence-electron chi connectivity index (χ4n) is 1.81. The van der Waals surface area contributed by atoms with Crippen LogP contribution in [0.5, 0.6) is 0 Å². The van der Waals surface area contributed by atoms with Crippen LogP contribution in [0.4, 0.5) is 0 Å². The second-order valence-electron chi connectivity index (χ2n) is 4.24. The molecule has 0 bridgehead atoms. The number of nitrogens with zero attached hydrogens (tertiary/aromatic N) is 1. The van der Waals surface area contributed by atoms with E-state index in [1.165, 1.54) is 5.56 Å². The average Bonchev–Trinajstić information content (AvgIpc) is 2.46. The summed E-state index contributed by atoms with van der Waals surface area (Å²) in [4.78, 5) is 0. The van der Waals surface area contributed by atoms with Crippen molar-refractivity contribution in [1.82, 2.24) is 5.43 Å². The highest BCUT2D eigenvalue weighted by Gasteiger charge is 2.00. The predicted molar refractivity (Wildman–Crippen MR) is 84.3 cm³/mol. The highest BCUT2D eigenvalue weighted by atomic mass is 79.9. The molecule has 2 aromatic carbocycles. The van der Waals surface area contributed by atoms with Crippen LogP contribution in [0.3, 0.4) is 0 Å². The molecular formula is C16H17BrN2. The Hall–Kier alpha value is -1.61. The topological polar surface area (TPSA) is 24.4 Å². The summed E-state index contributed by atoms with van der Waals surface area (Å²) in [5.74, 6) is 0. The van der Waals surface area contributed by atoms with Crippen LogP contribution in [0.2, 0.25) is 0 Å². The molecule has 0 heterocycles. The maximum atomic E-state index is 4.49. The quantitative estimate of drug-likeness (QED) is 0.643. The van der Waals surface area contributed by atoms with Gasteiger partial charge < -0.3 is 5.43 Å². The van der Waals surface area contributed by atoms with Crippen LogP contribution >= 0.6 is 15.9 Å². The van der Waals surface area contributed by atoms with Crippen molar-refractivity contribution in [2.45, 2.75) is 19.9 Å². The Morgan fingerprint density at radius 2 is 1.74 bits per heavy atom. The van der Waals surface area contributed by atoms with E-state index >= 15 is 0 Å². The van der Waals surface area contributed by atoms with Gasteiger partial charge in [0.1, 0.15) is 0 Å². The minimum Gasteiger partial charge on any atom is -0.305 e. The van der Waals surface area contributed by atoms with Crippen LogP contribution in [-0.2, 0) is 6.54 Å². The van der Waals surface area contributed by atoms with Gasteiger partial charge in [-0.2, -0.15) is 5.10 Å². The van der Waals surface area contributed by atoms with Crippen LogP contribution in [0.1, 0.15) is 24.5 Å². The Balaban J connectivity index is 2.01. The van der Waals surface area contributed by atoms with Gasteiger partial charge in [-0.25, -0.2) is 0 Å². The van der Waals surface area contributed by atoms with Gasteiger partial charge in [-0.3, -0.25) is 0 Å². The number of nitrogens with one attached hydrogen (secondary N) is 1. The standard InChI is InChI=1S/C16H17BrN2/c1-2-16(14-8-10-15(17)11-9-14)19-18-12-13-6-4-3-5-7-13/h3-11,18H,2,12H2,1H3/b19-16+. The van der Waals surface area contributed by atoms with Crippen LogP contribution < -0.4 is 5.43 Å². The van der Waals surface area contributed by atoms with Gasteiger partial charge >= 0.3 is 0 Å². The molecule has 0 atom stereocenters. The molecule has 0 aliphatic rings. The lowest BCUT2D eigenvalue weighted by Gasteiger charge is -2.06. The van der Waals surface area contributed by atoms with Crippen molar-refractivity contribution in [2.24, 2.45) is 5.10 Å². The molecule has 2 nitrogen and oxygen atoms in total. The number of halogens is 1. The number of hydrogen-bond donors (Lipinski definition) is 1. The first-order chi connectivity index (χ1) is 9.29. The molecule has 19 heavy (non-hydrogen) atoms. The van der Waals surface area contributed by atoms with E-state index in [-0.39, 0.29) is 0 Å². The van der Waals surface area contributed by atoms with Gasteiger partial charge in [0.2, 0.25) is 0 Å². The summed E-state index contributed by atoms with van der Waals surface area (Å²) in [6.45, 7) is 2.87. The highest BCUT2D eigenvalue weighted by molar-refractivity contribution is 9.10. The maximum absolute atomic E-state index is 4.49. The molecule has 0 aliphatic heterocycles. The molecule has 0 aliphatic carbocycles. The summed E-state index contributed by atoms with van der Waals surface area (Å²) in [5, 5.41) is 4.49. The van der Waals surface area contributed by atoms with E-state index in [9.17, 15) is 0 Å². The molecule has 2 rings (SSSR count). The average molecular weight is 317 g/mol. The van der Waals surface area contributed by atoms with E-state index in [1.54, 1.807) is 0 Å². The summed E-state index contributed by atoms with van der Waals surface area (Å²) in [7, 11) is 0. The first-order valence-electron chi connectivity index (χ1n) is 6.39. The second-order valence-corrected chi connectivity index (χ2v) is 5.16. The van der Waals surface area contributed by atoms with Crippen molar-refractivity contribution < 1.29 is 0 Å². The van der Waals surface area contributed by atoms with E-state index in [2.05, 4.69) is 57.6 Å². The van der Waals surface area contributed by atoms with Crippen LogP contribution in [0.25, 0.3) is 0 Å². The van der Waals surface area contributed by atoms with Gasteiger partial charge in [-0.05, 0) is 29.7 Å². The number of rotatable bonds is 5. The fourth-order valence-corrected chi connectivity index (χ4v) is 2.08. The van der Waals surface area contributed by atoms with Gasteiger partial charge in [0, 0.05) is 4.47 Å². The summed E-state index contributed by atoms with van der Waals surface area (Å²) in [6.07, 6.45) is 0.906. The second kappa shape index (κ2) is 7.10. The van der Waals surface area contributed by atoms with Gasteiger partial charge in [0.25, 0.3) is 0 Å². The highest BCUT2D eigenvalue weighted by Crippen LogP contribution is 2.12. The Kier molecular flexibility index (Phi) is 5.16. The molecule has 0 amide bonds. The van der Waals surface area contributed by atoms with Crippen molar-refractivity contribution in [1.29, 1.82) is 0 Å². The van der Waals surface area contributed by atoms with Crippen molar-refractivity contribution >= 4 is 21.6 Å². The molecule has 1 N–H and O–H groups in total. The number of hydrogen-bond acceptors (Lipinski definition) is 2. The van der Waals surface area contributed by atoms with Crippen LogP contribution in [0.15, 0.2) is 64.2 Å². The molecule has 0 unspecified atom stereocenters. The smallest absolute Gasteiger partial charge is 0.0672 e. The van der Waals surface area contributed by atoms with Gasteiger partial charge in [0.15, 0.2) is 0 Å². The summed E-state index contributed by atoms with van der Waals surface area (Å²) in [6, 6.07) is 18.5. The summed E-state index contributed by atoms with van der Waals surface area (Å²) >= 11 is 3.44. The monoisotopic (exact) mass is 316 g/mol. The number of benzene rings is 2. The van der Waals surface area contributed by atoms with Crippen LogP contribution in [-0.4, -0.2) is 5.71 Å². The Morgan fingerprint density at radius 3 is 2.37 bits per heavy atom. The zero-order valence-corrected chi connectivity index (χ0v) is 12.5. The largest absolute Gasteiger partial charge is 0.305 e. The third-order valence-corrected chi connectivity index (χ3v) is 3.38. The van der Waals surface area contributed by atoms with Crippen LogP contribution in [0, 0.1) is 0 Å². The zero-order chi connectivity index (χ0) is 13.5. The van der Waals surface area contributed by atoms with E-state index in [0.29, 0.717) is 0 Å². The molecule has 0 aromatic heterocycles. The van der Waals surface area contributed by atoms with Crippen molar-refractivity contribution in [3.05, 3.63) is 70.2 Å². The zero-order valence-electron chi connectivity index (χ0n) is 10.9. The lowest BCUT2D eigenvalue weighted by Crippen LogP contribution is -2.10. The minimum absolute atomic E-state index is 0.751. The van der Waals surface area contributed by atoms with Crippen molar-refractivity contribution in [3.8, 4) is 0 Å². The van der Waals surface area contributed by atoms with E-state index in [1.807, 2.05) is 30.3 Å². The van der Waals surface area contributed by atoms with E-state index < -0.39 is 0 Å². The molecule has 98 valence electrons. The molecule has 0 saturated carbocycles. The first kappa shape index (κ1) is 13.8. The van der Waals surface area contributed by atoms with E-state index in [0.717, 1.165) is 28.7 Å².